The van der Waals surface area contributed by atoms with Gasteiger partial charge in [0.25, 0.3) is 0 Å². The van der Waals surface area contributed by atoms with Crippen LogP contribution in [0.3, 0.4) is 0 Å². The number of aryl methyl sites for hydroxylation is 1. The Kier molecular flexibility index (Phi) is 3.40. The highest BCUT2D eigenvalue weighted by Gasteiger charge is 2.12. The van der Waals surface area contributed by atoms with Crippen molar-refractivity contribution >= 4 is 19.7 Å². The summed E-state index contributed by atoms with van der Waals surface area (Å²) in [4.78, 5) is 0. The van der Waals surface area contributed by atoms with E-state index in [1.807, 2.05) is 12.1 Å². The zero-order valence-electron chi connectivity index (χ0n) is 8.78. The number of rotatable bonds is 4. The molecule has 0 spiro atoms. The van der Waals surface area contributed by atoms with Gasteiger partial charge in [0.2, 0.25) is 9.05 Å². The van der Waals surface area contributed by atoms with Gasteiger partial charge >= 0.3 is 0 Å². The molecule has 16 heavy (non-hydrogen) atoms. The van der Waals surface area contributed by atoms with Crippen LogP contribution in [0.2, 0.25) is 0 Å². The molecule has 0 aromatic heterocycles. The van der Waals surface area contributed by atoms with E-state index in [1.54, 1.807) is 0 Å². The summed E-state index contributed by atoms with van der Waals surface area (Å²) < 4.78 is 26.9. The standard InChI is InChI=1S/C11H13ClO3S/c12-16(13,14)7-1-2-9-3-4-11-10(8-9)5-6-15-11/h3-4,8H,1-2,5-7H2. The molecule has 1 aromatic carbocycles. The molecule has 3 nitrogen and oxygen atoms in total. The number of ether oxygens (including phenoxy) is 1. The first kappa shape index (κ1) is 11.7. The van der Waals surface area contributed by atoms with Crippen LogP contribution in [0, 0.1) is 0 Å². The van der Waals surface area contributed by atoms with Crippen molar-refractivity contribution in [2.24, 2.45) is 0 Å². The molecule has 88 valence electrons. The molecule has 0 amide bonds. The van der Waals surface area contributed by atoms with Crippen LogP contribution in [-0.4, -0.2) is 20.8 Å². The lowest BCUT2D eigenvalue weighted by Gasteiger charge is -2.03. The summed E-state index contributed by atoms with van der Waals surface area (Å²) in [5.41, 5.74) is 2.36. The average Bonchev–Trinajstić information content (AvgIpc) is 2.62. The third-order valence-corrected chi connectivity index (χ3v) is 3.85. The van der Waals surface area contributed by atoms with E-state index in [-0.39, 0.29) is 5.75 Å². The van der Waals surface area contributed by atoms with E-state index in [4.69, 9.17) is 15.4 Å². The lowest BCUT2D eigenvalue weighted by molar-refractivity contribution is 0.357. The summed E-state index contributed by atoms with van der Waals surface area (Å²) >= 11 is 0. The summed E-state index contributed by atoms with van der Waals surface area (Å²) in [6, 6.07) is 6.01. The monoisotopic (exact) mass is 260 g/mol. The Morgan fingerprint density at radius 2 is 2.19 bits per heavy atom. The van der Waals surface area contributed by atoms with Gasteiger partial charge in [-0.05, 0) is 30.0 Å². The fourth-order valence-corrected chi connectivity index (χ4v) is 2.66. The largest absolute Gasteiger partial charge is 0.493 e. The Morgan fingerprint density at radius 3 is 2.94 bits per heavy atom. The lowest BCUT2D eigenvalue weighted by Crippen LogP contribution is -1.99. The van der Waals surface area contributed by atoms with Gasteiger partial charge < -0.3 is 4.74 Å². The van der Waals surface area contributed by atoms with Crippen LogP contribution in [0.1, 0.15) is 17.5 Å². The zero-order valence-corrected chi connectivity index (χ0v) is 10.4. The van der Waals surface area contributed by atoms with Crippen molar-refractivity contribution < 1.29 is 13.2 Å². The highest BCUT2D eigenvalue weighted by Crippen LogP contribution is 2.26. The second-order valence-electron chi connectivity index (χ2n) is 3.89. The van der Waals surface area contributed by atoms with E-state index < -0.39 is 9.05 Å². The first-order valence-corrected chi connectivity index (χ1v) is 7.69. The van der Waals surface area contributed by atoms with E-state index in [0.29, 0.717) is 6.42 Å². The summed E-state index contributed by atoms with van der Waals surface area (Å²) in [6.45, 7) is 0.745. The second kappa shape index (κ2) is 4.63. The highest BCUT2D eigenvalue weighted by atomic mass is 35.7. The molecule has 1 aliphatic rings. The lowest BCUT2D eigenvalue weighted by atomic mass is 10.1. The van der Waals surface area contributed by atoms with Crippen LogP contribution in [0.5, 0.6) is 5.75 Å². The van der Waals surface area contributed by atoms with Crippen LogP contribution >= 0.6 is 10.7 Å². The van der Waals surface area contributed by atoms with Crippen molar-refractivity contribution in [3.8, 4) is 5.75 Å². The summed E-state index contributed by atoms with van der Waals surface area (Å²) in [5.74, 6) is 0.982. The predicted molar refractivity (Wildman–Crippen MR) is 63.6 cm³/mol. The summed E-state index contributed by atoms with van der Waals surface area (Å²) in [6.07, 6.45) is 2.24. The molecule has 1 aromatic rings. The molecule has 1 aliphatic heterocycles. The first-order chi connectivity index (χ1) is 7.54. The second-order valence-corrected chi connectivity index (χ2v) is 6.78. The SMILES string of the molecule is O=S(=O)(Cl)CCCc1ccc2c(c1)CCO2. The summed E-state index contributed by atoms with van der Waals surface area (Å²) in [5, 5.41) is 0. The number of hydrogen-bond acceptors (Lipinski definition) is 3. The third kappa shape index (κ3) is 3.12. The Bertz CT molecular complexity index is 482. The molecule has 2 rings (SSSR count). The van der Waals surface area contributed by atoms with Crippen molar-refractivity contribution in [2.45, 2.75) is 19.3 Å². The van der Waals surface area contributed by atoms with E-state index >= 15 is 0 Å². The Labute approximate surface area is 99.8 Å². The maximum absolute atomic E-state index is 10.8. The Balaban J connectivity index is 1.95. The normalized spacial score (nSPS) is 14.6. The van der Waals surface area contributed by atoms with E-state index in [0.717, 1.165) is 30.8 Å². The average molecular weight is 261 g/mol. The molecule has 0 fully saturated rings. The van der Waals surface area contributed by atoms with Gasteiger partial charge in [-0.25, -0.2) is 8.42 Å². The van der Waals surface area contributed by atoms with Crippen molar-refractivity contribution in [1.29, 1.82) is 0 Å². The van der Waals surface area contributed by atoms with Crippen molar-refractivity contribution in [3.63, 3.8) is 0 Å². The van der Waals surface area contributed by atoms with Gasteiger partial charge in [-0.3, -0.25) is 0 Å². The van der Waals surface area contributed by atoms with Crippen LogP contribution < -0.4 is 4.74 Å². The maximum Gasteiger partial charge on any atom is 0.232 e. The van der Waals surface area contributed by atoms with Gasteiger partial charge in [0.1, 0.15) is 5.75 Å². The van der Waals surface area contributed by atoms with E-state index in [9.17, 15) is 8.42 Å². The van der Waals surface area contributed by atoms with Crippen molar-refractivity contribution in [2.75, 3.05) is 12.4 Å². The fraction of sp³-hybridized carbons (Fsp3) is 0.455. The van der Waals surface area contributed by atoms with Crippen molar-refractivity contribution in [1.82, 2.24) is 0 Å². The Morgan fingerprint density at radius 1 is 1.38 bits per heavy atom. The minimum atomic E-state index is -3.36. The van der Waals surface area contributed by atoms with Crippen LogP contribution in [0.15, 0.2) is 18.2 Å². The van der Waals surface area contributed by atoms with E-state index in [1.165, 1.54) is 5.56 Å². The highest BCUT2D eigenvalue weighted by molar-refractivity contribution is 8.13. The maximum atomic E-state index is 10.8. The van der Waals surface area contributed by atoms with Gasteiger partial charge in [-0.15, -0.1) is 0 Å². The van der Waals surface area contributed by atoms with Gasteiger partial charge in [0.05, 0.1) is 12.4 Å². The van der Waals surface area contributed by atoms with Crippen LogP contribution in [0.25, 0.3) is 0 Å². The molecule has 1 heterocycles. The van der Waals surface area contributed by atoms with Crippen LogP contribution in [-0.2, 0) is 21.9 Å². The number of hydrogen-bond donors (Lipinski definition) is 0. The molecule has 0 atom stereocenters. The molecule has 0 saturated heterocycles. The van der Waals surface area contributed by atoms with Crippen molar-refractivity contribution in [3.05, 3.63) is 29.3 Å². The molecule has 0 bridgehead atoms. The number of halogens is 1. The molecule has 5 heteroatoms. The van der Waals surface area contributed by atoms with Gasteiger partial charge in [0, 0.05) is 17.1 Å². The molecular formula is C11H13ClO3S. The van der Waals surface area contributed by atoms with Gasteiger partial charge in [0.15, 0.2) is 0 Å². The minimum absolute atomic E-state index is 0.0299. The fourth-order valence-electron chi connectivity index (χ4n) is 1.84. The van der Waals surface area contributed by atoms with Gasteiger partial charge in [-0.1, -0.05) is 12.1 Å². The smallest absolute Gasteiger partial charge is 0.232 e. The summed E-state index contributed by atoms with van der Waals surface area (Å²) in [7, 11) is 1.79. The number of benzene rings is 1. The predicted octanol–water partition coefficient (Wildman–Crippen LogP) is 2.12. The number of fused-ring (bicyclic) bond motifs is 1. The zero-order chi connectivity index (χ0) is 11.6. The topological polar surface area (TPSA) is 43.4 Å². The molecule has 0 N–H and O–H groups in total. The first-order valence-electron chi connectivity index (χ1n) is 5.21. The Hall–Kier alpha value is -0.740. The van der Waals surface area contributed by atoms with Gasteiger partial charge in [-0.2, -0.15) is 0 Å². The van der Waals surface area contributed by atoms with E-state index in [2.05, 4.69) is 6.07 Å². The molecule has 0 radical (unpaired) electrons. The minimum Gasteiger partial charge on any atom is -0.493 e. The molecule has 0 aliphatic carbocycles. The quantitative estimate of drug-likeness (QED) is 0.779. The third-order valence-electron chi connectivity index (χ3n) is 2.61. The molecule has 0 saturated carbocycles. The van der Waals surface area contributed by atoms with Crippen LogP contribution in [0.4, 0.5) is 0 Å². The molecule has 0 unspecified atom stereocenters. The molecular weight excluding hydrogens is 248 g/mol.